The van der Waals surface area contributed by atoms with Crippen molar-refractivity contribution in [1.82, 2.24) is 10.2 Å². The predicted molar refractivity (Wildman–Crippen MR) is 108 cm³/mol. The summed E-state index contributed by atoms with van der Waals surface area (Å²) in [6, 6.07) is 17.0. The molecule has 1 aliphatic rings. The van der Waals surface area contributed by atoms with Gasteiger partial charge in [-0.05, 0) is 30.0 Å². The molecular formula is C23H26N2O2. The van der Waals surface area contributed by atoms with Crippen LogP contribution in [0.2, 0.25) is 0 Å². The Morgan fingerprint density at radius 3 is 2.85 bits per heavy atom. The zero-order valence-electron chi connectivity index (χ0n) is 15.8. The maximum atomic E-state index is 12.5. The Morgan fingerprint density at radius 1 is 1.19 bits per heavy atom. The fourth-order valence-corrected chi connectivity index (χ4v) is 3.87. The van der Waals surface area contributed by atoms with E-state index in [1.54, 1.807) is 6.26 Å². The molecule has 2 aromatic carbocycles. The summed E-state index contributed by atoms with van der Waals surface area (Å²) >= 11 is 0. The maximum Gasteiger partial charge on any atom is 0.224 e. The van der Waals surface area contributed by atoms with E-state index in [-0.39, 0.29) is 11.9 Å². The number of nitrogens with one attached hydrogen (secondary N) is 1. The molecule has 1 saturated heterocycles. The van der Waals surface area contributed by atoms with E-state index in [4.69, 9.17) is 4.42 Å². The minimum absolute atomic E-state index is 0.0730. The summed E-state index contributed by atoms with van der Waals surface area (Å²) in [6.07, 6.45) is 4.08. The molecule has 1 aliphatic heterocycles. The average Bonchev–Trinajstić information content (AvgIpc) is 3.29. The molecule has 1 fully saturated rings. The van der Waals surface area contributed by atoms with Crippen LogP contribution in [-0.4, -0.2) is 29.9 Å². The van der Waals surface area contributed by atoms with Crippen LogP contribution in [0.25, 0.3) is 11.0 Å². The molecule has 1 atom stereocenters. The van der Waals surface area contributed by atoms with Gasteiger partial charge in [0, 0.05) is 36.6 Å². The molecule has 140 valence electrons. The van der Waals surface area contributed by atoms with Gasteiger partial charge in [0.2, 0.25) is 5.91 Å². The summed E-state index contributed by atoms with van der Waals surface area (Å²) in [6.45, 7) is 5.00. The standard InChI is InChI=1S/C23H26N2O2/c1-2-17-8-9-21-19(16-27-22(21)12-17)13-23(26)24-20-10-11-25(15-20)14-18-6-4-3-5-7-18/h3-9,12,16,20H,2,10-11,13-15H2,1H3,(H,24,26). The molecular weight excluding hydrogens is 336 g/mol. The van der Waals surface area contributed by atoms with Crippen molar-refractivity contribution in [1.29, 1.82) is 0 Å². The minimum Gasteiger partial charge on any atom is -0.464 e. The molecule has 1 amide bonds. The first kappa shape index (κ1) is 17.8. The third-order valence-electron chi connectivity index (χ3n) is 5.37. The normalized spacial score (nSPS) is 17.4. The number of nitrogens with zero attached hydrogens (tertiary/aromatic N) is 1. The van der Waals surface area contributed by atoms with Gasteiger partial charge in [-0.3, -0.25) is 9.69 Å². The molecule has 27 heavy (non-hydrogen) atoms. The third kappa shape index (κ3) is 4.22. The number of rotatable bonds is 6. The van der Waals surface area contributed by atoms with Gasteiger partial charge >= 0.3 is 0 Å². The van der Waals surface area contributed by atoms with Crippen molar-refractivity contribution in [3.63, 3.8) is 0 Å². The summed E-state index contributed by atoms with van der Waals surface area (Å²) in [5.74, 6) is 0.0730. The van der Waals surface area contributed by atoms with Crippen molar-refractivity contribution in [3.05, 3.63) is 71.5 Å². The minimum atomic E-state index is 0.0730. The molecule has 4 rings (SSSR count). The molecule has 0 radical (unpaired) electrons. The summed E-state index contributed by atoms with van der Waals surface area (Å²) < 4.78 is 5.66. The fourth-order valence-electron chi connectivity index (χ4n) is 3.87. The van der Waals surface area contributed by atoms with Crippen LogP contribution in [0.4, 0.5) is 0 Å². The monoisotopic (exact) mass is 362 g/mol. The predicted octanol–water partition coefficient (Wildman–Crippen LogP) is 3.93. The quantitative estimate of drug-likeness (QED) is 0.723. The lowest BCUT2D eigenvalue weighted by Crippen LogP contribution is -2.37. The summed E-state index contributed by atoms with van der Waals surface area (Å²) in [5, 5.41) is 4.24. The zero-order chi connectivity index (χ0) is 18.6. The number of fused-ring (bicyclic) bond motifs is 1. The topological polar surface area (TPSA) is 45.5 Å². The van der Waals surface area contributed by atoms with E-state index < -0.39 is 0 Å². The Balaban J connectivity index is 1.32. The van der Waals surface area contributed by atoms with Gasteiger partial charge in [0.1, 0.15) is 5.58 Å². The van der Waals surface area contributed by atoms with Crippen molar-refractivity contribution < 1.29 is 9.21 Å². The number of hydrogen-bond acceptors (Lipinski definition) is 3. The van der Waals surface area contributed by atoms with E-state index in [2.05, 4.69) is 59.6 Å². The molecule has 1 unspecified atom stereocenters. The van der Waals surface area contributed by atoms with Crippen molar-refractivity contribution >= 4 is 16.9 Å². The van der Waals surface area contributed by atoms with Crippen LogP contribution in [-0.2, 0) is 24.2 Å². The number of furan rings is 1. The number of carbonyl (C=O) groups excluding carboxylic acids is 1. The first-order chi connectivity index (χ1) is 13.2. The van der Waals surface area contributed by atoms with E-state index in [1.165, 1.54) is 11.1 Å². The second-order valence-electron chi connectivity index (χ2n) is 7.40. The molecule has 0 saturated carbocycles. The average molecular weight is 362 g/mol. The molecule has 3 aromatic rings. The third-order valence-corrected chi connectivity index (χ3v) is 5.37. The van der Waals surface area contributed by atoms with Crippen molar-refractivity contribution in [2.24, 2.45) is 0 Å². The maximum absolute atomic E-state index is 12.5. The molecule has 4 heteroatoms. The summed E-state index contributed by atoms with van der Waals surface area (Å²) in [7, 11) is 0. The Labute approximate surface area is 160 Å². The summed E-state index contributed by atoms with van der Waals surface area (Å²) in [5.41, 5.74) is 4.40. The SMILES string of the molecule is CCc1ccc2c(CC(=O)NC3CCN(Cc4ccccc4)C3)coc2c1. The number of aryl methyl sites for hydroxylation is 1. The van der Waals surface area contributed by atoms with E-state index in [0.29, 0.717) is 6.42 Å². The first-order valence-corrected chi connectivity index (χ1v) is 9.76. The van der Waals surface area contributed by atoms with Gasteiger partial charge in [-0.25, -0.2) is 0 Å². The Hall–Kier alpha value is -2.59. The molecule has 2 heterocycles. The second kappa shape index (κ2) is 7.97. The summed E-state index contributed by atoms with van der Waals surface area (Å²) in [4.78, 5) is 14.9. The fraction of sp³-hybridized carbons (Fsp3) is 0.348. The van der Waals surface area contributed by atoms with Gasteiger partial charge < -0.3 is 9.73 Å². The highest BCUT2D eigenvalue weighted by atomic mass is 16.3. The van der Waals surface area contributed by atoms with Crippen LogP contribution in [0.3, 0.4) is 0 Å². The number of carbonyl (C=O) groups is 1. The van der Waals surface area contributed by atoms with Gasteiger partial charge in [-0.15, -0.1) is 0 Å². The largest absolute Gasteiger partial charge is 0.464 e. The Kier molecular flexibility index (Phi) is 5.26. The lowest BCUT2D eigenvalue weighted by atomic mass is 10.1. The van der Waals surface area contributed by atoms with Gasteiger partial charge in [0.05, 0.1) is 12.7 Å². The number of likely N-dealkylation sites (tertiary alicyclic amines) is 1. The lowest BCUT2D eigenvalue weighted by Gasteiger charge is -2.16. The Bertz CT molecular complexity index is 917. The van der Waals surface area contributed by atoms with Crippen molar-refractivity contribution in [3.8, 4) is 0 Å². The van der Waals surface area contributed by atoms with Gasteiger partial charge in [-0.2, -0.15) is 0 Å². The van der Waals surface area contributed by atoms with Crippen molar-refractivity contribution in [2.45, 2.75) is 38.8 Å². The second-order valence-corrected chi connectivity index (χ2v) is 7.40. The molecule has 0 bridgehead atoms. The van der Waals surface area contributed by atoms with E-state index in [9.17, 15) is 4.79 Å². The van der Waals surface area contributed by atoms with Crippen LogP contribution in [0, 0.1) is 0 Å². The molecule has 0 spiro atoms. The zero-order valence-corrected chi connectivity index (χ0v) is 15.8. The van der Waals surface area contributed by atoms with Crippen LogP contribution in [0.5, 0.6) is 0 Å². The van der Waals surface area contributed by atoms with Crippen LogP contribution in [0.1, 0.15) is 30.0 Å². The lowest BCUT2D eigenvalue weighted by molar-refractivity contribution is -0.121. The highest BCUT2D eigenvalue weighted by Gasteiger charge is 2.24. The van der Waals surface area contributed by atoms with E-state index >= 15 is 0 Å². The van der Waals surface area contributed by atoms with Gasteiger partial charge in [0.15, 0.2) is 0 Å². The first-order valence-electron chi connectivity index (χ1n) is 9.76. The highest BCUT2D eigenvalue weighted by Crippen LogP contribution is 2.23. The number of benzene rings is 2. The number of amides is 1. The van der Waals surface area contributed by atoms with E-state index in [0.717, 1.165) is 49.0 Å². The molecule has 0 aliphatic carbocycles. The van der Waals surface area contributed by atoms with Crippen LogP contribution >= 0.6 is 0 Å². The van der Waals surface area contributed by atoms with Crippen LogP contribution in [0.15, 0.2) is 59.2 Å². The van der Waals surface area contributed by atoms with Crippen molar-refractivity contribution in [2.75, 3.05) is 13.1 Å². The Morgan fingerprint density at radius 2 is 2.04 bits per heavy atom. The smallest absolute Gasteiger partial charge is 0.224 e. The molecule has 4 nitrogen and oxygen atoms in total. The number of hydrogen-bond donors (Lipinski definition) is 1. The molecule has 1 N–H and O–H groups in total. The van der Waals surface area contributed by atoms with Crippen LogP contribution < -0.4 is 5.32 Å². The van der Waals surface area contributed by atoms with E-state index in [1.807, 2.05) is 6.07 Å². The van der Waals surface area contributed by atoms with Gasteiger partial charge in [0.25, 0.3) is 0 Å². The molecule has 1 aromatic heterocycles. The highest BCUT2D eigenvalue weighted by molar-refractivity contribution is 5.88. The van der Waals surface area contributed by atoms with Gasteiger partial charge in [-0.1, -0.05) is 49.4 Å².